The van der Waals surface area contributed by atoms with E-state index in [9.17, 15) is 18.0 Å². The van der Waals surface area contributed by atoms with Gasteiger partial charge in [0.2, 0.25) is 5.91 Å². The van der Waals surface area contributed by atoms with Gasteiger partial charge in [-0.05, 0) is 24.6 Å². The second-order valence-electron chi connectivity index (χ2n) is 4.72. The maximum atomic E-state index is 12.0. The van der Waals surface area contributed by atoms with E-state index in [2.05, 4.69) is 15.6 Å². The molecular formula is C12H21F3N4OS. The molecule has 0 unspecified atom stereocenters. The van der Waals surface area contributed by atoms with E-state index in [1.54, 1.807) is 18.9 Å². The van der Waals surface area contributed by atoms with Gasteiger partial charge in [-0.1, -0.05) is 0 Å². The van der Waals surface area contributed by atoms with Gasteiger partial charge in [0.25, 0.3) is 0 Å². The van der Waals surface area contributed by atoms with Gasteiger partial charge in [-0.2, -0.15) is 13.2 Å². The molecule has 1 aliphatic rings. The fourth-order valence-corrected chi connectivity index (χ4v) is 2.50. The van der Waals surface area contributed by atoms with Crippen LogP contribution in [-0.4, -0.2) is 60.8 Å². The molecule has 122 valence electrons. The zero-order valence-corrected chi connectivity index (χ0v) is 13.0. The second kappa shape index (κ2) is 8.35. The van der Waals surface area contributed by atoms with Crippen LogP contribution < -0.4 is 10.6 Å². The lowest BCUT2D eigenvalue weighted by Crippen LogP contribution is -2.49. The van der Waals surface area contributed by atoms with E-state index in [4.69, 9.17) is 0 Å². The number of carbonyl (C=O) groups excluding carboxylic acids is 1. The van der Waals surface area contributed by atoms with Gasteiger partial charge in [-0.25, -0.2) is 0 Å². The number of carbonyl (C=O) groups is 1. The smallest absolute Gasteiger partial charge is 0.356 e. The Labute approximate surface area is 126 Å². The number of halogens is 3. The Bertz CT molecular complexity index is 368. The molecule has 0 aromatic rings. The third kappa shape index (κ3) is 7.45. The Morgan fingerprint density at radius 3 is 2.48 bits per heavy atom. The molecule has 0 spiro atoms. The van der Waals surface area contributed by atoms with Crippen LogP contribution in [0.5, 0.6) is 0 Å². The molecule has 2 N–H and O–H groups in total. The van der Waals surface area contributed by atoms with Crippen LogP contribution in [0.2, 0.25) is 0 Å². The Balaban J connectivity index is 2.24. The summed E-state index contributed by atoms with van der Waals surface area (Å²) in [5.74, 6) is 0.506. The molecule has 9 heteroatoms. The molecule has 1 heterocycles. The van der Waals surface area contributed by atoms with Crippen molar-refractivity contribution in [3.8, 4) is 0 Å². The molecule has 0 aliphatic carbocycles. The van der Waals surface area contributed by atoms with Crippen molar-refractivity contribution >= 4 is 23.6 Å². The van der Waals surface area contributed by atoms with Crippen molar-refractivity contribution in [1.29, 1.82) is 0 Å². The van der Waals surface area contributed by atoms with Crippen molar-refractivity contribution in [3.63, 3.8) is 0 Å². The second-order valence-corrected chi connectivity index (χ2v) is 5.88. The number of rotatable bonds is 4. The standard InChI is InChI=1S/C12H21F3N4OS/c1-9(20)19-6-3-10(4-7-19)18-11(16-2)17-5-8-21-12(13,14)15/h10H,3-8H2,1-2H3,(H2,16,17,18). The molecule has 0 aromatic heterocycles. The number of nitrogens with one attached hydrogen (secondary N) is 2. The monoisotopic (exact) mass is 326 g/mol. The molecule has 1 rings (SSSR count). The Morgan fingerprint density at radius 2 is 2.00 bits per heavy atom. The number of guanidine groups is 1. The number of amides is 1. The minimum absolute atomic E-state index is 0.0538. The molecule has 1 amide bonds. The molecule has 21 heavy (non-hydrogen) atoms. The van der Waals surface area contributed by atoms with Crippen molar-refractivity contribution in [3.05, 3.63) is 0 Å². The maximum absolute atomic E-state index is 12.0. The lowest BCUT2D eigenvalue weighted by atomic mass is 10.1. The predicted octanol–water partition coefficient (Wildman–Crippen LogP) is 1.42. The van der Waals surface area contributed by atoms with Gasteiger partial charge in [-0.3, -0.25) is 9.79 Å². The zero-order valence-electron chi connectivity index (χ0n) is 12.2. The quantitative estimate of drug-likeness (QED) is 0.466. The average Bonchev–Trinajstić information content (AvgIpc) is 2.41. The van der Waals surface area contributed by atoms with Crippen LogP contribution in [-0.2, 0) is 4.79 Å². The van der Waals surface area contributed by atoms with E-state index >= 15 is 0 Å². The van der Waals surface area contributed by atoms with Crippen LogP contribution in [0.15, 0.2) is 4.99 Å². The number of hydrogen-bond donors (Lipinski definition) is 2. The maximum Gasteiger partial charge on any atom is 0.441 e. The minimum Gasteiger partial charge on any atom is -0.356 e. The van der Waals surface area contributed by atoms with Gasteiger partial charge in [0.1, 0.15) is 0 Å². The van der Waals surface area contributed by atoms with Gasteiger partial charge < -0.3 is 15.5 Å². The summed E-state index contributed by atoms with van der Waals surface area (Å²) in [7, 11) is 1.58. The Kier molecular flexibility index (Phi) is 7.13. The van der Waals surface area contributed by atoms with Crippen molar-refractivity contribution in [2.24, 2.45) is 4.99 Å². The molecule has 0 bridgehead atoms. The number of likely N-dealkylation sites (tertiary alicyclic amines) is 1. The van der Waals surface area contributed by atoms with Crippen molar-refractivity contribution in [2.45, 2.75) is 31.3 Å². The summed E-state index contributed by atoms with van der Waals surface area (Å²) in [4.78, 5) is 17.0. The fourth-order valence-electron chi connectivity index (χ4n) is 2.06. The number of aliphatic imine (C=N–C) groups is 1. The van der Waals surface area contributed by atoms with Gasteiger partial charge in [0, 0.05) is 45.4 Å². The van der Waals surface area contributed by atoms with E-state index in [1.807, 2.05) is 0 Å². The van der Waals surface area contributed by atoms with Gasteiger partial charge in [0.15, 0.2) is 5.96 Å². The minimum atomic E-state index is -4.20. The number of hydrogen-bond acceptors (Lipinski definition) is 3. The van der Waals surface area contributed by atoms with E-state index in [1.165, 1.54) is 0 Å². The number of nitrogens with zero attached hydrogens (tertiary/aromatic N) is 2. The first-order chi connectivity index (χ1) is 9.81. The van der Waals surface area contributed by atoms with Crippen LogP contribution in [0.3, 0.4) is 0 Å². The molecule has 0 radical (unpaired) electrons. The summed E-state index contributed by atoms with van der Waals surface area (Å²) >= 11 is -0.0538. The fraction of sp³-hybridized carbons (Fsp3) is 0.833. The number of thioether (sulfide) groups is 1. The third-order valence-electron chi connectivity index (χ3n) is 3.16. The van der Waals surface area contributed by atoms with Gasteiger partial charge in [-0.15, -0.1) is 0 Å². The van der Waals surface area contributed by atoms with E-state index < -0.39 is 5.51 Å². The van der Waals surface area contributed by atoms with Crippen LogP contribution in [0, 0.1) is 0 Å². The van der Waals surface area contributed by atoms with Crippen molar-refractivity contribution in [1.82, 2.24) is 15.5 Å². The molecule has 1 fully saturated rings. The summed E-state index contributed by atoms with van der Waals surface area (Å²) in [6, 6.07) is 0.182. The highest BCUT2D eigenvalue weighted by molar-refractivity contribution is 8.00. The summed E-state index contributed by atoms with van der Waals surface area (Å²) < 4.78 is 36.0. The van der Waals surface area contributed by atoms with Gasteiger partial charge >= 0.3 is 5.51 Å². The molecule has 0 saturated carbocycles. The number of piperidine rings is 1. The zero-order chi connectivity index (χ0) is 15.9. The highest BCUT2D eigenvalue weighted by atomic mass is 32.2. The van der Waals surface area contributed by atoms with Crippen LogP contribution >= 0.6 is 11.8 Å². The van der Waals surface area contributed by atoms with Crippen molar-refractivity contribution in [2.75, 3.05) is 32.4 Å². The average molecular weight is 326 g/mol. The molecular weight excluding hydrogens is 305 g/mol. The molecule has 0 aromatic carbocycles. The molecule has 5 nitrogen and oxygen atoms in total. The van der Waals surface area contributed by atoms with E-state index in [0.29, 0.717) is 19.0 Å². The highest BCUT2D eigenvalue weighted by Gasteiger charge is 2.27. The van der Waals surface area contributed by atoms with Crippen molar-refractivity contribution < 1.29 is 18.0 Å². The molecule has 1 saturated heterocycles. The lowest BCUT2D eigenvalue weighted by molar-refractivity contribution is -0.129. The third-order valence-corrected chi connectivity index (χ3v) is 3.90. The predicted molar refractivity (Wildman–Crippen MR) is 78.3 cm³/mol. The van der Waals surface area contributed by atoms with Crippen LogP contribution in [0.1, 0.15) is 19.8 Å². The topological polar surface area (TPSA) is 56.7 Å². The Hall–Kier alpha value is -1.12. The first-order valence-corrected chi connectivity index (χ1v) is 7.74. The summed E-state index contributed by atoms with van der Waals surface area (Å²) in [6.07, 6.45) is 1.61. The lowest BCUT2D eigenvalue weighted by Gasteiger charge is -2.32. The van der Waals surface area contributed by atoms with Crippen LogP contribution in [0.4, 0.5) is 13.2 Å². The molecule has 0 atom stereocenters. The van der Waals surface area contributed by atoms with E-state index in [0.717, 1.165) is 12.8 Å². The Morgan fingerprint density at radius 1 is 1.38 bits per heavy atom. The first-order valence-electron chi connectivity index (χ1n) is 6.75. The van der Waals surface area contributed by atoms with Gasteiger partial charge in [0.05, 0.1) is 0 Å². The summed E-state index contributed by atoms with van der Waals surface area (Å²) in [5.41, 5.74) is -4.20. The summed E-state index contributed by atoms with van der Waals surface area (Å²) in [5, 5.41) is 6.03. The van der Waals surface area contributed by atoms with E-state index in [-0.39, 0.29) is 36.0 Å². The highest BCUT2D eigenvalue weighted by Crippen LogP contribution is 2.29. The normalized spacial score (nSPS) is 17.8. The number of alkyl halides is 3. The van der Waals surface area contributed by atoms with Crippen LogP contribution in [0.25, 0.3) is 0 Å². The summed E-state index contributed by atoms with van der Waals surface area (Å²) in [6.45, 7) is 3.12. The molecule has 1 aliphatic heterocycles. The first kappa shape index (κ1) is 17.9. The SMILES string of the molecule is CN=C(NCCSC(F)(F)F)NC1CCN(C(C)=O)CC1. The largest absolute Gasteiger partial charge is 0.441 e.